The van der Waals surface area contributed by atoms with Crippen LogP contribution in [-0.2, 0) is 0 Å². The number of rotatable bonds is 3. The molecular weight excluding hydrogens is 436 g/mol. The largest absolute Gasteiger partial charge is 0.253 e. The molecule has 0 unspecified atom stereocenters. The van der Waals surface area contributed by atoms with Gasteiger partial charge in [-0.25, -0.2) is 0 Å². The first-order chi connectivity index (χ1) is 17.9. The molecule has 1 heterocycles. The Kier molecular flexibility index (Phi) is 4.82. The van der Waals surface area contributed by atoms with Gasteiger partial charge in [0.1, 0.15) is 0 Å². The van der Waals surface area contributed by atoms with Crippen molar-refractivity contribution < 1.29 is 0 Å². The Morgan fingerprint density at radius 1 is 0.389 bits per heavy atom. The van der Waals surface area contributed by atoms with Gasteiger partial charge in [0.2, 0.25) is 0 Å². The van der Waals surface area contributed by atoms with Crippen LogP contribution in [0.15, 0.2) is 134 Å². The van der Waals surface area contributed by atoms with Gasteiger partial charge in [-0.3, -0.25) is 9.97 Å². The van der Waals surface area contributed by atoms with Gasteiger partial charge in [-0.15, -0.1) is 0 Å². The first-order valence-electron chi connectivity index (χ1n) is 12.2. The summed E-state index contributed by atoms with van der Waals surface area (Å²) in [5, 5.41) is 5.00. The predicted molar refractivity (Wildman–Crippen MR) is 151 cm³/mol. The number of hydrogen-bond donors (Lipinski definition) is 0. The molecule has 0 amide bonds. The molecule has 0 bridgehead atoms. The molecule has 0 spiro atoms. The molecule has 0 atom stereocenters. The van der Waals surface area contributed by atoms with Gasteiger partial charge in [0.05, 0.1) is 11.0 Å². The summed E-state index contributed by atoms with van der Waals surface area (Å²) in [6.45, 7) is 0. The molecule has 2 nitrogen and oxygen atoms in total. The Morgan fingerprint density at radius 3 is 1.67 bits per heavy atom. The van der Waals surface area contributed by atoms with Gasteiger partial charge in [0.25, 0.3) is 0 Å². The van der Waals surface area contributed by atoms with Gasteiger partial charge in [0.15, 0.2) is 0 Å². The number of fused-ring (bicyclic) bond motifs is 3. The minimum absolute atomic E-state index is 0.905. The van der Waals surface area contributed by atoms with E-state index in [1.165, 1.54) is 43.8 Å². The van der Waals surface area contributed by atoms with E-state index in [-0.39, 0.29) is 0 Å². The van der Waals surface area contributed by atoms with Gasteiger partial charge in [0, 0.05) is 18.0 Å². The minimum Gasteiger partial charge on any atom is -0.253 e. The number of aromatic nitrogens is 2. The summed E-state index contributed by atoms with van der Waals surface area (Å²) < 4.78 is 0. The summed E-state index contributed by atoms with van der Waals surface area (Å²) in [6.07, 6.45) is 3.52. The molecule has 0 fully saturated rings. The lowest BCUT2D eigenvalue weighted by Crippen LogP contribution is -1.92. The fraction of sp³-hybridized carbons (Fsp3) is 0. The first kappa shape index (κ1) is 20.5. The molecule has 0 radical (unpaired) electrons. The van der Waals surface area contributed by atoms with Crippen LogP contribution in [0.4, 0.5) is 0 Å². The third kappa shape index (κ3) is 3.27. The third-order valence-electron chi connectivity index (χ3n) is 6.96. The fourth-order valence-electron chi connectivity index (χ4n) is 5.40. The topological polar surface area (TPSA) is 25.8 Å². The molecule has 2 heteroatoms. The standard InChI is InChI=1S/C34H22N2/c1-3-10-23(11-4-1)32-27-14-7-8-15-28(27)33(24-12-5-2-6-13-24)30-22-25(18-19-29(30)32)26-16-9-17-31-34(26)36-21-20-35-31/h1-22H. The average molecular weight is 459 g/mol. The quantitative estimate of drug-likeness (QED) is 0.247. The molecule has 168 valence electrons. The number of hydrogen-bond acceptors (Lipinski definition) is 2. The summed E-state index contributed by atoms with van der Waals surface area (Å²) in [4.78, 5) is 9.20. The van der Waals surface area contributed by atoms with Crippen molar-refractivity contribution in [3.8, 4) is 33.4 Å². The van der Waals surface area contributed by atoms with Crippen molar-refractivity contribution in [2.75, 3.05) is 0 Å². The zero-order valence-electron chi connectivity index (χ0n) is 19.6. The second-order valence-corrected chi connectivity index (χ2v) is 9.02. The molecule has 0 saturated carbocycles. The van der Waals surface area contributed by atoms with E-state index in [9.17, 15) is 0 Å². The zero-order chi connectivity index (χ0) is 23.9. The SMILES string of the molecule is c1ccc(-c2c3ccccc3c(-c3ccccc3)c3cc(-c4cccc5nccnc45)ccc23)cc1. The molecule has 36 heavy (non-hydrogen) atoms. The van der Waals surface area contributed by atoms with E-state index in [4.69, 9.17) is 0 Å². The van der Waals surface area contributed by atoms with E-state index in [0.29, 0.717) is 0 Å². The van der Waals surface area contributed by atoms with Crippen LogP contribution in [0.1, 0.15) is 0 Å². The maximum atomic E-state index is 4.67. The van der Waals surface area contributed by atoms with E-state index < -0.39 is 0 Å². The van der Waals surface area contributed by atoms with Gasteiger partial charge in [-0.2, -0.15) is 0 Å². The van der Waals surface area contributed by atoms with Gasteiger partial charge >= 0.3 is 0 Å². The van der Waals surface area contributed by atoms with Crippen LogP contribution in [-0.4, -0.2) is 9.97 Å². The molecule has 0 aliphatic carbocycles. The molecule has 0 aliphatic rings. The van der Waals surface area contributed by atoms with Crippen molar-refractivity contribution >= 4 is 32.6 Å². The van der Waals surface area contributed by atoms with Crippen molar-refractivity contribution in [2.24, 2.45) is 0 Å². The maximum absolute atomic E-state index is 4.67. The Hall–Kier alpha value is -4.82. The van der Waals surface area contributed by atoms with Crippen molar-refractivity contribution in [1.82, 2.24) is 9.97 Å². The van der Waals surface area contributed by atoms with E-state index in [1.807, 2.05) is 6.07 Å². The average Bonchev–Trinajstić information content (AvgIpc) is 2.96. The third-order valence-corrected chi connectivity index (χ3v) is 6.96. The Labute approximate surface area is 209 Å². The highest BCUT2D eigenvalue weighted by atomic mass is 14.8. The summed E-state index contributed by atoms with van der Waals surface area (Å²) in [5.41, 5.74) is 9.03. The molecule has 7 aromatic rings. The smallest absolute Gasteiger partial charge is 0.0965 e. The molecule has 0 N–H and O–H groups in total. The normalized spacial score (nSPS) is 11.3. The number of para-hydroxylation sites is 1. The first-order valence-corrected chi connectivity index (χ1v) is 12.2. The second-order valence-electron chi connectivity index (χ2n) is 9.02. The lowest BCUT2D eigenvalue weighted by Gasteiger charge is -2.19. The van der Waals surface area contributed by atoms with Crippen LogP contribution in [0, 0.1) is 0 Å². The number of nitrogens with zero attached hydrogens (tertiary/aromatic N) is 2. The van der Waals surface area contributed by atoms with Crippen molar-refractivity contribution in [3.63, 3.8) is 0 Å². The van der Waals surface area contributed by atoms with Gasteiger partial charge < -0.3 is 0 Å². The predicted octanol–water partition coefficient (Wildman–Crippen LogP) is 8.94. The van der Waals surface area contributed by atoms with Crippen LogP contribution in [0.3, 0.4) is 0 Å². The van der Waals surface area contributed by atoms with E-state index in [2.05, 4.69) is 125 Å². The lowest BCUT2D eigenvalue weighted by molar-refractivity contribution is 1.29. The summed E-state index contributed by atoms with van der Waals surface area (Å²) in [7, 11) is 0. The summed E-state index contributed by atoms with van der Waals surface area (Å²) in [6, 6.07) is 43.3. The monoisotopic (exact) mass is 458 g/mol. The molecular formula is C34H22N2. The summed E-state index contributed by atoms with van der Waals surface area (Å²) in [5.74, 6) is 0. The summed E-state index contributed by atoms with van der Waals surface area (Å²) >= 11 is 0. The zero-order valence-corrected chi connectivity index (χ0v) is 19.6. The highest BCUT2D eigenvalue weighted by Crippen LogP contribution is 2.44. The van der Waals surface area contributed by atoms with Crippen LogP contribution in [0.2, 0.25) is 0 Å². The van der Waals surface area contributed by atoms with Crippen LogP contribution in [0.5, 0.6) is 0 Å². The molecule has 0 aliphatic heterocycles. The van der Waals surface area contributed by atoms with Crippen LogP contribution >= 0.6 is 0 Å². The van der Waals surface area contributed by atoms with Crippen molar-refractivity contribution in [1.29, 1.82) is 0 Å². The Bertz CT molecular complexity index is 1870. The van der Waals surface area contributed by atoms with Crippen LogP contribution < -0.4 is 0 Å². The van der Waals surface area contributed by atoms with Crippen molar-refractivity contribution in [2.45, 2.75) is 0 Å². The van der Waals surface area contributed by atoms with Gasteiger partial charge in [-0.05, 0) is 61.5 Å². The maximum Gasteiger partial charge on any atom is 0.0965 e. The number of benzene rings is 6. The second kappa shape index (κ2) is 8.44. The molecule has 6 aromatic carbocycles. The fourth-order valence-corrected chi connectivity index (χ4v) is 5.40. The highest BCUT2D eigenvalue weighted by molar-refractivity contribution is 6.22. The lowest BCUT2D eigenvalue weighted by atomic mass is 9.85. The Morgan fingerprint density at radius 2 is 0.972 bits per heavy atom. The molecule has 7 rings (SSSR count). The molecule has 1 aromatic heterocycles. The minimum atomic E-state index is 0.905. The Balaban J connectivity index is 1.64. The van der Waals surface area contributed by atoms with E-state index >= 15 is 0 Å². The van der Waals surface area contributed by atoms with E-state index in [1.54, 1.807) is 12.4 Å². The van der Waals surface area contributed by atoms with Crippen LogP contribution in [0.25, 0.3) is 66.0 Å². The van der Waals surface area contributed by atoms with Crippen molar-refractivity contribution in [3.05, 3.63) is 134 Å². The van der Waals surface area contributed by atoms with E-state index in [0.717, 1.165) is 22.2 Å². The van der Waals surface area contributed by atoms with Gasteiger partial charge in [-0.1, -0.05) is 109 Å². The molecule has 0 saturated heterocycles. The highest BCUT2D eigenvalue weighted by Gasteiger charge is 2.17.